The Morgan fingerprint density at radius 2 is 1.90 bits per heavy atom. The molecule has 0 unspecified atom stereocenters. The lowest BCUT2D eigenvalue weighted by atomic mass is 10.2. The third kappa shape index (κ3) is 4.55. The number of furan rings is 1. The Labute approximate surface area is 197 Å². The van der Waals surface area contributed by atoms with Gasteiger partial charge in [0.2, 0.25) is 0 Å². The largest absolute Gasteiger partial charge is 0.495 e. The molecule has 0 atom stereocenters. The van der Waals surface area contributed by atoms with Crippen LogP contribution in [0.25, 0.3) is 6.08 Å². The van der Waals surface area contributed by atoms with Crippen molar-refractivity contribution in [1.29, 1.82) is 0 Å². The number of carbonyl (C=O) groups excluding carboxylic acids is 1. The molecule has 0 bridgehead atoms. The summed E-state index contributed by atoms with van der Waals surface area (Å²) in [6, 6.07) is 16.3. The topological polar surface area (TPSA) is 42.7 Å². The summed E-state index contributed by atoms with van der Waals surface area (Å²) in [6.07, 6.45) is 1.69. The average molecular weight is 494 g/mol. The van der Waals surface area contributed by atoms with Crippen LogP contribution in [0, 0.1) is 0 Å². The van der Waals surface area contributed by atoms with Crippen LogP contribution in [0.2, 0.25) is 10.0 Å². The van der Waals surface area contributed by atoms with Crippen molar-refractivity contribution in [2.75, 3.05) is 12.0 Å². The molecule has 1 fully saturated rings. The molecule has 30 heavy (non-hydrogen) atoms. The maximum Gasteiger partial charge on any atom is 0.270 e. The molecule has 2 aromatic carbocycles. The quantitative estimate of drug-likeness (QED) is 0.277. The van der Waals surface area contributed by atoms with Gasteiger partial charge in [0, 0.05) is 16.0 Å². The fraction of sp³-hybridized carbons (Fsp3) is 0.0476. The number of nitrogens with zero attached hydrogens (tertiary/aromatic N) is 1. The molecule has 4 nitrogen and oxygen atoms in total. The Kier molecular flexibility index (Phi) is 6.46. The number of benzene rings is 2. The molecule has 1 aliphatic heterocycles. The van der Waals surface area contributed by atoms with Gasteiger partial charge in [0.1, 0.15) is 11.5 Å². The van der Waals surface area contributed by atoms with E-state index in [-0.39, 0.29) is 5.91 Å². The van der Waals surface area contributed by atoms with E-state index < -0.39 is 0 Å². The monoisotopic (exact) mass is 493 g/mol. The number of thioether (sulfide) groups is 1. The molecule has 4 rings (SSSR count). The first-order valence-electron chi connectivity index (χ1n) is 8.59. The minimum atomic E-state index is -0.227. The smallest absolute Gasteiger partial charge is 0.270 e. The van der Waals surface area contributed by atoms with E-state index in [1.54, 1.807) is 24.3 Å². The highest BCUT2D eigenvalue weighted by atomic mass is 35.5. The second kappa shape index (κ2) is 9.08. The van der Waals surface area contributed by atoms with Crippen LogP contribution in [-0.4, -0.2) is 17.3 Å². The van der Waals surface area contributed by atoms with Crippen molar-refractivity contribution < 1.29 is 13.9 Å². The summed E-state index contributed by atoms with van der Waals surface area (Å²) in [5, 5.41) is 1.79. The minimum Gasteiger partial charge on any atom is -0.495 e. The van der Waals surface area contributed by atoms with Crippen molar-refractivity contribution in [3.63, 3.8) is 0 Å². The number of amides is 1. The van der Waals surface area contributed by atoms with Crippen molar-refractivity contribution in [3.8, 4) is 5.75 Å². The number of anilines is 1. The van der Waals surface area contributed by atoms with Gasteiger partial charge in [-0.25, -0.2) is 0 Å². The Hall–Kier alpha value is -1.90. The zero-order valence-electron chi connectivity index (χ0n) is 15.4. The molecule has 1 amide bonds. The van der Waals surface area contributed by atoms with Gasteiger partial charge in [-0.1, -0.05) is 58.9 Å². The first-order valence-corrected chi connectivity index (χ1v) is 11.4. The molecule has 0 spiro atoms. The van der Waals surface area contributed by atoms with E-state index in [1.807, 2.05) is 36.4 Å². The van der Waals surface area contributed by atoms with Crippen LogP contribution in [0.5, 0.6) is 5.75 Å². The summed E-state index contributed by atoms with van der Waals surface area (Å²) in [5.74, 6) is 0.872. The van der Waals surface area contributed by atoms with Crippen molar-refractivity contribution in [3.05, 3.63) is 75.3 Å². The maximum atomic E-state index is 12.9. The number of halogens is 2. The van der Waals surface area contributed by atoms with Crippen LogP contribution >= 0.6 is 58.9 Å². The number of ether oxygens (including phenoxy) is 1. The second-order valence-electron chi connectivity index (χ2n) is 6.05. The lowest BCUT2D eigenvalue weighted by Crippen LogP contribution is -2.27. The Bertz CT molecular complexity index is 1160. The van der Waals surface area contributed by atoms with Gasteiger partial charge >= 0.3 is 0 Å². The summed E-state index contributed by atoms with van der Waals surface area (Å²) in [7, 11) is 1.53. The number of carbonyl (C=O) groups is 1. The lowest BCUT2D eigenvalue weighted by molar-refractivity contribution is -0.113. The zero-order chi connectivity index (χ0) is 21.3. The molecular weight excluding hydrogens is 481 g/mol. The van der Waals surface area contributed by atoms with Crippen LogP contribution < -0.4 is 9.64 Å². The van der Waals surface area contributed by atoms with Gasteiger partial charge in [0.25, 0.3) is 5.91 Å². The highest BCUT2D eigenvalue weighted by molar-refractivity contribution is 8.27. The van der Waals surface area contributed by atoms with Crippen molar-refractivity contribution in [2.45, 2.75) is 9.99 Å². The van der Waals surface area contributed by atoms with Gasteiger partial charge in [0.05, 0.1) is 22.7 Å². The molecule has 1 saturated heterocycles. The molecule has 0 saturated carbocycles. The molecule has 3 aromatic rings. The third-order valence-corrected chi connectivity index (χ3v) is 6.87. The average Bonchev–Trinajstić information content (AvgIpc) is 3.27. The molecule has 0 N–H and O–H groups in total. The van der Waals surface area contributed by atoms with E-state index in [2.05, 4.69) is 0 Å². The van der Waals surface area contributed by atoms with Crippen molar-refractivity contribution in [1.82, 2.24) is 0 Å². The highest BCUT2D eigenvalue weighted by Gasteiger charge is 2.34. The van der Waals surface area contributed by atoms with E-state index in [0.717, 1.165) is 4.90 Å². The van der Waals surface area contributed by atoms with Gasteiger partial charge in [-0.2, -0.15) is 0 Å². The Morgan fingerprint density at radius 3 is 2.60 bits per heavy atom. The Morgan fingerprint density at radius 1 is 1.13 bits per heavy atom. The van der Waals surface area contributed by atoms with Gasteiger partial charge < -0.3 is 9.15 Å². The minimum absolute atomic E-state index is 0.227. The first-order chi connectivity index (χ1) is 14.4. The SMILES string of the molecule is COc1ccc(N2C(=O)C(=Cc3ccc(Sc4ccc(Cl)cc4)o3)SC2=S)cc1Cl. The summed E-state index contributed by atoms with van der Waals surface area (Å²) >= 11 is 20.2. The molecule has 9 heteroatoms. The summed E-state index contributed by atoms with van der Waals surface area (Å²) in [4.78, 5) is 15.9. The molecule has 1 aromatic heterocycles. The summed E-state index contributed by atoms with van der Waals surface area (Å²) < 4.78 is 11.4. The predicted molar refractivity (Wildman–Crippen MR) is 128 cm³/mol. The number of hydrogen-bond acceptors (Lipinski definition) is 6. The maximum absolute atomic E-state index is 12.9. The van der Waals surface area contributed by atoms with Gasteiger partial charge in [0.15, 0.2) is 9.41 Å². The van der Waals surface area contributed by atoms with Crippen LogP contribution in [-0.2, 0) is 4.79 Å². The van der Waals surface area contributed by atoms with E-state index >= 15 is 0 Å². The third-order valence-electron chi connectivity index (χ3n) is 4.09. The zero-order valence-corrected chi connectivity index (χ0v) is 19.4. The van der Waals surface area contributed by atoms with Crippen molar-refractivity contribution in [2.24, 2.45) is 0 Å². The van der Waals surface area contributed by atoms with Crippen LogP contribution in [0.15, 0.2) is 73.9 Å². The van der Waals surface area contributed by atoms with Gasteiger partial charge in [-0.15, -0.1) is 0 Å². The number of rotatable bonds is 5. The number of thiocarbonyl (C=S) groups is 1. The first kappa shape index (κ1) is 21.3. The van der Waals surface area contributed by atoms with E-state index in [4.69, 9.17) is 44.6 Å². The molecule has 2 heterocycles. The predicted octanol–water partition coefficient (Wildman–Crippen LogP) is 7.15. The fourth-order valence-electron chi connectivity index (χ4n) is 2.70. The van der Waals surface area contributed by atoms with E-state index in [1.165, 1.54) is 35.5 Å². The van der Waals surface area contributed by atoms with Gasteiger partial charge in [-0.3, -0.25) is 9.69 Å². The van der Waals surface area contributed by atoms with Gasteiger partial charge in [-0.05, 0) is 54.6 Å². The molecule has 0 radical (unpaired) electrons. The number of methoxy groups -OCH3 is 1. The standard InChI is InChI=1S/C21H13Cl2NO3S3/c1-26-17-8-4-13(10-16(17)23)24-20(25)18(30-21(24)28)11-14-5-9-19(27-14)29-15-6-2-12(22)3-7-15/h2-11H,1H3. The molecule has 1 aliphatic rings. The Balaban J connectivity index is 1.53. The van der Waals surface area contributed by atoms with E-state index in [0.29, 0.717) is 41.6 Å². The fourth-order valence-corrected chi connectivity index (χ4v) is 5.13. The molecular formula is C21H13Cl2NO3S3. The molecule has 0 aliphatic carbocycles. The second-order valence-corrected chi connectivity index (χ2v) is 9.65. The normalized spacial score (nSPS) is 15.3. The number of hydrogen-bond donors (Lipinski definition) is 0. The van der Waals surface area contributed by atoms with Crippen LogP contribution in [0.1, 0.15) is 5.76 Å². The summed E-state index contributed by atoms with van der Waals surface area (Å²) in [5.41, 5.74) is 0.588. The summed E-state index contributed by atoms with van der Waals surface area (Å²) in [6.45, 7) is 0. The van der Waals surface area contributed by atoms with Crippen LogP contribution in [0.4, 0.5) is 5.69 Å². The lowest BCUT2D eigenvalue weighted by Gasteiger charge is -2.15. The highest BCUT2D eigenvalue weighted by Crippen LogP contribution is 2.39. The molecule has 152 valence electrons. The van der Waals surface area contributed by atoms with E-state index in [9.17, 15) is 4.79 Å². The van der Waals surface area contributed by atoms with Crippen molar-refractivity contribution >= 4 is 80.9 Å². The van der Waals surface area contributed by atoms with Crippen LogP contribution in [0.3, 0.4) is 0 Å².